The Labute approximate surface area is 89.2 Å². The van der Waals surface area contributed by atoms with E-state index >= 15 is 0 Å². The maximum atomic E-state index is 12.2. The average Bonchev–Trinajstić information content (AvgIpc) is 1.94. The molecule has 0 aliphatic heterocycles. The molecule has 0 heterocycles. The van der Waals surface area contributed by atoms with Crippen LogP contribution in [0.15, 0.2) is 0 Å². The fourth-order valence-electron chi connectivity index (χ4n) is 1.09. The minimum Gasteiger partial charge on any atom is -0.380 e. The molecule has 0 bridgehead atoms. The third-order valence-corrected chi connectivity index (χ3v) is 5.25. The van der Waals surface area contributed by atoms with Crippen molar-refractivity contribution in [3.63, 3.8) is 0 Å². The molecule has 14 heavy (non-hydrogen) atoms. The van der Waals surface area contributed by atoms with E-state index in [1.54, 1.807) is 7.11 Å². The lowest BCUT2D eigenvalue weighted by Crippen LogP contribution is -2.27. The Balaban J connectivity index is 4.77. The molecular weight excluding hydrogens is 195 g/mol. The minimum absolute atomic E-state index is 0.0374. The van der Waals surface area contributed by atoms with Gasteiger partial charge in [0.1, 0.15) is 0 Å². The molecule has 0 fully saturated rings. The number of carbonyl (C=O) groups is 1. The number of methoxy groups -OCH3 is 1. The monoisotopic (exact) mass is 218 g/mol. The highest BCUT2D eigenvalue weighted by Crippen LogP contribution is 2.53. The highest BCUT2D eigenvalue weighted by molar-refractivity contribution is 7.76. The van der Waals surface area contributed by atoms with E-state index < -0.39 is 7.92 Å². The van der Waals surface area contributed by atoms with Gasteiger partial charge in [-0.05, 0) is 13.1 Å². The van der Waals surface area contributed by atoms with Crippen LogP contribution in [0.5, 0.6) is 0 Å². The van der Waals surface area contributed by atoms with Gasteiger partial charge in [-0.15, -0.1) is 0 Å². The largest absolute Gasteiger partial charge is 0.380 e. The van der Waals surface area contributed by atoms with Crippen molar-refractivity contribution in [3.05, 3.63) is 0 Å². The van der Waals surface area contributed by atoms with E-state index in [0.29, 0.717) is 11.9 Å². The lowest BCUT2D eigenvalue weighted by Gasteiger charge is -2.33. The highest BCUT2D eigenvalue weighted by atomic mass is 31.1. The first-order valence-electron chi connectivity index (χ1n) is 4.91. The summed E-state index contributed by atoms with van der Waals surface area (Å²) in [6, 6.07) is 0. The summed E-state index contributed by atoms with van der Waals surface area (Å²) in [4.78, 5) is 12.2. The Morgan fingerprint density at radius 3 is 1.79 bits per heavy atom. The van der Waals surface area contributed by atoms with Gasteiger partial charge in [-0.2, -0.15) is 0 Å². The third-order valence-electron chi connectivity index (χ3n) is 1.95. The molecule has 2 nitrogen and oxygen atoms in total. The van der Waals surface area contributed by atoms with E-state index in [0.717, 1.165) is 0 Å². The van der Waals surface area contributed by atoms with Crippen molar-refractivity contribution >= 4 is 13.4 Å². The van der Waals surface area contributed by atoms with Crippen LogP contribution in [0.25, 0.3) is 0 Å². The normalized spacial score (nSPS) is 15.4. The smallest absolute Gasteiger partial charge is 0.162 e. The second kappa shape index (κ2) is 4.72. The fraction of sp³-hybridized carbons (Fsp3) is 0.909. The van der Waals surface area contributed by atoms with Gasteiger partial charge in [-0.1, -0.05) is 41.5 Å². The maximum Gasteiger partial charge on any atom is 0.162 e. The van der Waals surface area contributed by atoms with Gasteiger partial charge in [0.15, 0.2) is 5.52 Å². The number of carbonyl (C=O) groups excluding carboxylic acids is 1. The zero-order valence-electron chi connectivity index (χ0n) is 10.5. The quantitative estimate of drug-likeness (QED) is 0.678. The van der Waals surface area contributed by atoms with Crippen LogP contribution in [-0.2, 0) is 9.53 Å². The Hall–Kier alpha value is 0.0600. The molecule has 0 aliphatic carbocycles. The van der Waals surface area contributed by atoms with Crippen LogP contribution in [0.3, 0.4) is 0 Å². The zero-order chi connectivity index (χ0) is 11.6. The number of hydrogen-bond acceptors (Lipinski definition) is 2. The van der Waals surface area contributed by atoms with Gasteiger partial charge in [0.05, 0.1) is 6.35 Å². The van der Waals surface area contributed by atoms with Crippen molar-refractivity contribution < 1.29 is 9.53 Å². The lowest BCUT2D eigenvalue weighted by molar-refractivity contribution is -0.118. The molecule has 0 saturated carbocycles. The molecule has 0 aromatic rings. The maximum absolute atomic E-state index is 12.2. The van der Waals surface area contributed by atoms with Crippen LogP contribution in [0.1, 0.15) is 41.5 Å². The van der Waals surface area contributed by atoms with E-state index in [-0.39, 0.29) is 10.6 Å². The molecular formula is C11H23O2P. The standard InChI is InChI=1S/C11H23O2P/c1-10(2,3)9(12)14(8-13-7)11(4,5)6/h8H2,1-7H3. The van der Waals surface area contributed by atoms with Gasteiger partial charge in [0, 0.05) is 12.5 Å². The summed E-state index contributed by atoms with van der Waals surface area (Å²) in [6.07, 6.45) is 0.578. The number of hydrogen-bond donors (Lipinski definition) is 0. The second-order valence-electron chi connectivity index (χ2n) is 5.57. The minimum atomic E-state index is -0.712. The molecule has 0 N–H and O–H groups in total. The van der Waals surface area contributed by atoms with E-state index in [1.165, 1.54) is 0 Å². The fourth-order valence-corrected chi connectivity index (χ4v) is 3.27. The Morgan fingerprint density at radius 1 is 1.14 bits per heavy atom. The molecule has 0 aromatic heterocycles. The van der Waals surface area contributed by atoms with Gasteiger partial charge in [0.2, 0.25) is 0 Å². The molecule has 1 unspecified atom stereocenters. The molecule has 0 saturated heterocycles. The SMILES string of the molecule is COCP(C(=O)C(C)(C)C)C(C)(C)C. The molecule has 0 aliphatic rings. The van der Waals surface area contributed by atoms with Crippen molar-refractivity contribution in [1.29, 1.82) is 0 Å². The summed E-state index contributed by atoms with van der Waals surface area (Å²) in [5, 5.41) is 0.0374. The van der Waals surface area contributed by atoms with E-state index in [9.17, 15) is 4.79 Å². The summed E-state index contributed by atoms with van der Waals surface area (Å²) in [5.74, 6) is 0. The van der Waals surface area contributed by atoms with Crippen molar-refractivity contribution in [2.45, 2.75) is 46.7 Å². The highest BCUT2D eigenvalue weighted by Gasteiger charge is 2.36. The zero-order valence-corrected chi connectivity index (χ0v) is 11.4. The molecule has 3 heteroatoms. The van der Waals surface area contributed by atoms with Crippen LogP contribution < -0.4 is 0 Å². The van der Waals surface area contributed by atoms with Crippen molar-refractivity contribution in [2.24, 2.45) is 5.41 Å². The van der Waals surface area contributed by atoms with Gasteiger partial charge >= 0.3 is 0 Å². The first-order chi connectivity index (χ1) is 6.10. The van der Waals surface area contributed by atoms with Crippen LogP contribution in [-0.4, -0.2) is 24.1 Å². The molecule has 84 valence electrons. The second-order valence-corrected chi connectivity index (χ2v) is 8.43. The van der Waals surface area contributed by atoms with Gasteiger partial charge in [0.25, 0.3) is 0 Å². The van der Waals surface area contributed by atoms with Crippen LogP contribution >= 0.6 is 7.92 Å². The first-order valence-corrected chi connectivity index (χ1v) is 6.44. The molecule has 1 atom stereocenters. The topological polar surface area (TPSA) is 26.3 Å². The van der Waals surface area contributed by atoms with E-state index in [2.05, 4.69) is 20.8 Å². The van der Waals surface area contributed by atoms with E-state index in [4.69, 9.17) is 4.74 Å². The Morgan fingerprint density at radius 2 is 1.57 bits per heavy atom. The lowest BCUT2D eigenvalue weighted by atomic mass is 9.99. The molecule has 0 rings (SSSR count). The first kappa shape index (κ1) is 14.1. The van der Waals surface area contributed by atoms with Crippen LogP contribution in [0.4, 0.5) is 0 Å². The van der Waals surface area contributed by atoms with Gasteiger partial charge < -0.3 is 4.74 Å². The molecule has 0 radical (unpaired) electrons. The van der Waals surface area contributed by atoms with Crippen LogP contribution in [0.2, 0.25) is 0 Å². The molecule has 0 aromatic carbocycles. The Bertz CT molecular complexity index is 198. The summed E-state index contributed by atoms with van der Waals surface area (Å²) >= 11 is 0. The Kier molecular flexibility index (Phi) is 4.74. The predicted molar refractivity (Wildman–Crippen MR) is 63.0 cm³/mol. The van der Waals surface area contributed by atoms with Crippen molar-refractivity contribution in [1.82, 2.24) is 0 Å². The average molecular weight is 218 g/mol. The number of rotatable bonds is 3. The van der Waals surface area contributed by atoms with Crippen LogP contribution in [0, 0.1) is 5.41 Å². The summed E-state index contributed by atoms with van der Waals surface area (Å²) < 4.78 is 5.15. The van der Waals surface area contributed by atoms with Gasteiger partial charge in [-0.3, -0.25) is 4.79 Å². The van der Waals surface area contributed by atoms with Crippen molar-refractivity contribution in [2.75, 3.05) is 13.5 Å². The molecule has 0 spiro atoms. The number of ether oxygens (including phenoxy) is 1. The molecule has 0 amide bonds. The predicted octanol–water partition coefficient (Wildman–Crippen LogP) is 3.44. The van der Waals surface area contributed by atoms with Crippen molar-refractivity contribution in [3.8, 4) is 0 Å². The summed E-state index contributed by atoms with van der Waals surface area (Å²) in [7, 11) is 0.952. The summed E-state index contributed by atoms with van der Waals surface area (Å²) in [6.45, 7) is 12.3. The third kappa shape index (κ3) is 4.06. The van der Waals surface area contributed by atoms with Gasteiger partial charge in [-0.25, -0.2) is 0 Å². The summed E-state index contributed by atoms with van der Waals surface area (Å²) in [5.41, 5.74) is 0.0965. The van der Waals surface area contributed by atoms with E-state index in [1.807, 2.05) is 20.8 Å².